The van der Waals surface area contributed by atoms with Crippen molar-refractivity contribution < 1.29 is 22.8 Å². The molecular weight excluding hydrogens is 457 g/mol. The molecule has 2 aromatic rings. The summed E-state index contributed by atoms with van der Waals surface area (Å²) in [5, 5.41) is 20.1. The highest BCUT2D eigenvalue weighted by Gasteiger charge is 2.37. The van der Waals surface area contributed by atoms with E-state index in [0.717, 1.165) is 12.0 Å². The zero-order valence-electron chi connectivity index (χ0n) is 18.0. The first kappa shape index (κ1) is 24.5. The fraction of sp³-hybridized carbons (Fsp3) is 0.400. The fourth-order valence-electron chi connectivity index (χ4n) is 3.21. The maximum absolute atomic E-state index is 13.1. The molecule has 14 heteroatoms. The number of anilines is 2. The molecule has 3 rings (SSSR count). The first-order valence-corrected chi connectivity index (χ1v) is 10.1. The summed E-state index contributed by atoms with van der Waals surface area (Å²) in [4.78, 5) is 36.6. The zero-order chi connectivity index (χ0) is 24.7. The summed E-state index contributed by atoms with van der Waals surface area (Å²) in [6.07, 6.45) is -1.35. The molecule has 1 atom stereocenters. The van der Waals surface area contributed by atoms with Gasteiger partial charge in [-0.2, -0.15) is 23.5 Å². The minimum atomic E-state index is -4.86. The molecule has 3 heterocycles. The standard InChI is InChI=1S/C20H21F3N8O3/c1-13(28-15-11-26-29-19(33)18(15)20(21,22)23)9-27-34-12-17(32)31-6-4-30(5-7-31)16-3-2-14(8-24)10-25-16/h2-3,9-11,13H,4-7,12H2,1H3,(H2,28,29,33)/b27-9+/t13-/m0/s1. The van der Waals surface area contributed by atoms with Crippen LogP contribution in [0.25, 0.3) is 0 Å². The van der Waals surface area contributed by atoms with Gasteiger partial charge in [0.25, 0.3) is 11.5 Å². The summed E-state index contributed by atoms with van der Waals surface area (Å²) in [7, 11) is 0. The monoisotopic (exact) mass is 478 g/mol. The van der Waals surface area contributed by atoms with Gasteiger partial charge in [0.05, 0.1) is 29.7 Å². The van der Waals surface area contributed by atoms with Crippen molar-refractivity contribution in [2.45, 2.75) is 19.1 Å². The quantitative estimate of drug-likeness (QED) is 0.447. The number of carbonyl (C=O) groups excluding carboxylic acids is 1. The number of pyridine rings is 1. The van der Waals surface area contributed by atoms with E-state index in [4.69, 9.17) is 10.1 Å². The van der Waals surface area contributed by atoms with Crippen molar-refractivity contribution in [3.05, 3.63) is 46.0 Å². The molecule has 11 nitrogen and oxygen atoms in total. The molecule has 0 spiro atoms. The third kappa shape index (κ3) is 6.21. The van der Waals surface area contributed by atoms with Gasteiger partial charge in [0.1, 0.15) is 17.5 Å². The van der Waals surface area contributed by atoms with Crippen LogP contribution < -0.4 is 15.8 Å². The van der Waals surface area contributed by atoms with E-state index in [9.17, 15) is 22.8 Å². The number of H-pyrrole nitrogens is 1. The number of amides is 1. The number of nitriles is 1. The average molecular weight is 478 g/mol. The molecule has 1 aliphatic heterocycles. The Bertz CT molecular complexity index is 1120. The maximum atomic E-state index is 13.1. The van der Waals surface area contributed by atoms with Crippen LogP contribution >= 0.6 is 0 Å². The Balaban J connectivity index is 1.45. The molecule has 1 amide bonds. The zero-order valence-corrected chi connectivity index (χ0v) is 18.0. The number of nitrogens with one attached hydrogen (secondary N) is 2. The van der Waals surface area contributed by atoms with E-state index in [1.54, 1.807) is 22.1 Å². The van der Waals surface area contributed by atoms with Crippen molar-refractivity contribution in [3.63, 3.8) is 0 Å². The smallest absolute Gasteiger partial charge is 0.386 e. The minimum absolute atomic E-state index is 0.289. The van der Waals surface area contributed by atoms with Crippen LogP contribution in [0.15, 0.2) is 34.5 Å². The summed E-state index contributed by atoms with van der Waals surface area (Å²) in [5.74, 6) is 0.432. The van der Waals surface area contributed by atoms with Gasteiger partial charge in [-0.15, -0.1) is 0 Å². The first-order valence-electron chi connectivity index (χ1n) is 10.1. The fourth-order valence-corrected chi connectivity index (χ4v) is 3.21. The Morgan fingerprint density at radius 2 is 2.09 bits per heavy atom. The second kappa shape index (κ2) is 10.6. The SMILES string of the molecule is C[C@@H](/C=N/OCC(=O)N1CCN(c2ccc(C#N)cn2)CC1)Nc1cn[nH]c(=O)c1C(F)(F)F. The van der Waals surface area contributed by atoms with E-state index in [1.807, 2.05) is 11.0 Å². The van der Waals surface area contributed by atoms with Gasteiger partial charge in [-0.05, 0) is 19.1 Å². The van der Waals surface area contributed by atoms with Crippen molar-refractivity contribution in [2.24, 2.45) is 5.16 Å². The van der Waals surface area contributed by atoms with Gasteiger partial charge in [0.15, 0.2) is 6.61 Å². The van der Waals surface area contributed by atoms with Crippen LogP contribution in [0.3, 0.4) is 0 Å². The Labute approximate surface area is 191 Å². The summed E-state index contributed by atoms with van der Waals surface area (Å²) in [6.45, 7) is 3.16. The lowest BCUT2D eigenvalue weighted by Crippen LogP contribution is -2.49. The number of nitrogens with zero attached hydrogens (tertiary/aromatic N) is 6. The van der Waals surface area contributed by atoms with E-state index >= 15 is 0 Å². The third-order valence-corrected chi connectivity index (χ3v) is 4.90. The van der Waals surface area contributed by atoms with Gasteiger partial charge in [-0.3, -0.25) is 9.59 Å². The Morgan fingerprint density at radius 1 is 1.35 bits per heavy atom. The molecule has 1 aliphatic rings. The number of piperazine rings is 1. The number of hydrogen-bond donors (Lipinski definition) is 2. The second-order valence-corrected chi connectivity index (χ2v) is 7.33. The van der Waals surface area contributed by atoms with Crippen LogP contribution in [-0.4, -0.2) is 71.0 Å². The van der Waals surface area contributed by atoms with Crippen molar-refractivity contribution in [1.29, 1.82) is 5.26 Å². The summed E-state index contributed by atoms with van der Waals surface area (Å²) in [6, 6.07) is 4.69. The minimum Gasteiger partial charge on any atom is -0.386 e. The number of alkyl halides is 3. The predicted octanol–water partition coefficient (Wildman–Crippen LogP) is 1.21. The van der Waals surface area contributed by atoms with Crippen LogP contribution in [0.2, 0.25) is 0 Å². The highest BCUT2D eigenvalue weighted by Crippen LogP contribution is 2.31. The van der Waals surface area contributed by atoms with Crippen LogP contribution in [0.4, 0.5) is 24.7 Å². The van der Waals surface area contributed by atoms with Gasteiger partial charge in [0, 0.05) is 32.4 Å². The van der Waals surface area contributed by atoms with E-state index < -0.39 is 29.0 Å². The van der Waals surface area contributed by atoms with Crippen molar-refractivity contribution in [3.8, 4) is 6.07 Å². The van der Waals surface area contributed by atoms with E-state index in [-0.39, 0.29) is 12.5 Å². The highest BCUT2D eigenvalue weighted by atomic mass is 19.4. The van der Waals surface area contributed by atoms with E-state index in [2.05, 4.69) is 20.6 Å². The first-order chi connectivity index (χ1) is 16.2. The molecule has 0 saturated carbocycles. The van der Waals surface area contributed by atoms with Gasteiger partial charge < -0.3 is 20.0 Å². The molecule has 0 unspecified atom stereocenters. The van der Waals surface area contributed by atoms with Gasteiger partial charge >= 0.3 is 6.18 Å². The van der Waals surface area contributed by atoms with Crippen molar-refractivity contribution in [1.82, 2.24) is 20.1 Å². The molecule has 0 radical (unpaired) electrons. The number of hydrogen-bond acceptors (Lipinski definition) is 9. The molecule has 0 aliphatic carbocycles. The molecule has 0 bridgehead atoms. The molecule has 2 aromatic heterocycles. The lowest BCUT2D eigenvalue weighted by atomic mass is 10.2. The maximum Gasteiger partial charge on any atom is 0.423 e. The number of aromatic amines is 1. The molecule has 1 saturated heterocycles. The van der Waals surface area contributed by atoms with E-state index in [1.165, 1.54) is 19.3 Å². The van der Waals surface area contributed by atoms with E-state index in [0.29, 0.717) is 31.7 Å². The molecule has 1 fully saturated rings. The lowest BCUT2D eigenvalue weighted by Gasteiger charge is -2.35. The van der Waals surface area contributed by atoms with Crippen LogP contribution in [0.1, 0.15) is 18.1 Å². The van der Waals surface area contributed by atoms with Crippen molar-refractivity contribution >= 4 is 23.6 Å². The molecule has 34 heavy (non-hydrogen) atoms. The Kier molecular flexibility index (Phi) is 7.67. The Morgan fingerprint density at radius 3 is 2.71 bits per heavy atom. The largest absolute Gasteiger partial charge is 0.423 e. The molecule has 2 N–H and O–H groups in total. The topological polar surface area (TPSA) is 140 Å². The van der Waals surface area contributed by atoms with Gasteiger partial charge in [0.2, 0.25) is 0 Å². The second-order valence-electron chi connectivity index (χ2n) is 7.33. The summed E-state index contributed by atoms with van der Waals surface area (Å²) >= 11 is 0. The predicted molar refractivity (Wildman–Crippen MR) is 115 cm³/mol. The molecule has 180 valence electrons. The number of aromatic nitrogens is 3. The van der Waals surface area contributed by atoms with Crippen LogP contribution in [0, 0.1) is 11.3 Å². The number of rotatable bonds is 7. The summed E-state index contributed by atoms with van der Waals surface area (Å²) in [5.41, 5.74) is -2.79. The third-order valence-electron chi connectivity index (χ3n) is 4.90. The Hall–Kier alpha value is -4.15. The van der Waals surface area contributed by atoms with Crippen LogP contribution in [-0.2, 0) is 15.8 Å². The van der Waals surface area contributed by atoms with Crippen molar-refractivity contribution in [2.75, 3.05) is 43.0 Å². The molecular formula is C20H21F3N8O3. The number of carbonyl (C=O) groups is 1. The van der Waals surface area contributed by atoms with Gasteiger partial charge in [-0.1, -0.05) is 5.16 Å². The number of halogens is 3. The summed E-state index contributed by atoms with van der Waals surface area (Å²) < 4.78 is 39.2. The molecule has 0 aromatic carbocycles. The highest BCUT2D eigenvalue weighted by molar-refractivity contribution is 5.78. The van der Waals surface area contributed by atoms with Crippen LogP contribution in [0.5, 0.6) is 0 Å². The number of oxime groups is 1. The average Bonchev–Trinajstić information content (AvgIpc) is 2.81. The normalized spacial score (nSPS) is 15.1. The lowest BCUT2D eigenvalue weighted by molar-refractivity contribution is -0.138. The van der Waals surface area contributed by atoms with Gasteiger partial charge in [-0.25, -0.2) is 10.1 Å².